The molecule has 0 radical (unpaired) electrons. The van der Waals surface area contributed by atoms with Crippen LogP contribution in [-0.2, 0) is 11.3 Å². The molecule has 124 valence electrons. The molecule has 1 fully saturated rings. The minimum Gasteiger partial charge on any atom is -0.497 e. The van der Waals surface area contributed by atoms with Crippen molar-refractivity contribution in [2.24, 2.45) is 0 Å². The van der Waals surface area contributed by atoms with Crippen LogP contribution in [0, 0.1) is 0 Å². The third kappa shape index (κ3) is 3.92. The lowest BCUT2D eigenvalue weighted by atomic mass is 10.1. The minimum absolute atomic E-state index is 0.0963. The van der Waals surface area contributed by atoms with E-state index < -0.39 is 0 Å². The monoisotopic (exact) mass is 315 g/mol. The predicted molar refractivity (Wildman–Crippen MR) is 89.6 cm³/mol. The summed E-state index contributed by atoms with van der Waals surface area (Å²) in [5.74, 6) is 0.876. The molecule has 0 amide bonds. The summed E-state index contributed by atoms with van der Waals surface area (Å²) in [6.45, 7) is 7.79. The van der Waals surface area contributed by atoms with E-state index in [4.69, 9.17) is 9.47 Å². The van der Waals surface area contributed by atoms with Crippen LogP contribution in [0.25, 0.3) is 0 Å². The van der Waals surface area contributed by atoms with E-state index in [1.807, 2.05) is 23.0 Å². The first-order valence-corrected chi connectivity index (χ1v) is 8.16. The lowest BCUT2D eigenvalue weighted by Gasteiger charge is -2.33. The first kappa shape index (κ1) is 16.0. The number of benzene rings is 1. The van der Waals surface area contributed by atoms with Crippen LogP contribution in [0.4, 0.5) is 0 Å². The van der Waals surface area contributed by atoms with Gasteiger partial charge in [-0.1, -0.05) is 12.1 Å². The first-order chi connectivity index (χ1) is 11.2. The van der Waals surface area contributed by atoms with Crippen molar-refractivity contribution in [2.45, 2.75) is 32.5 Å². The van der Waals surface area contributed by atoms with Crippen LogP contribution in [0.2, 0.25) is 0 Å². The fraction of sp³-hybridized carbons (Fsp3) is 0.500. The number of methoxy groups -OCH3 is 1. The summed E-state index contributed by atoms with van der Waals surface area (Å²) in [5.41, 5.74) is 2.43. The van der Waals surface area contributed by atoms with E-state index in [-0.39, 0.29) is 6.10 Å². The second-order valence-corrected chi connectivity index (χ2v) is 6.29. The summed E-state index contributed by atoms with van der Waals surface area (Å²) in [7, 11) is 1.69. The van der Waals surface area contributed by atoms with Gasteiger partial charge in [-0.15, -0.1) is 0 Å². The van der Waals surface area contributed by atoms with E-state index in [0.717, 1.165) is 32.0 Å². The maximum atomic E-state index is 5.96. The molecule has 0 unspecified atom stereocenters. The zero-order chi connectivity index (χ0) is 16.2. The highest BCUT2D eigenvalue weighted by Crippen LogP contribution is 2.26. The molecule has 2 aromatic rings. The van der Waals surface area contributed by atoms with Gasteiger partial charge in [0.15, 0.2) is 0 Å². The van der Waals surface area contributed by atoms with E-state index >= 15 is 0 Å². The molecule has 2 heterocycles. The SMILES string of the molecule is COc1cccc([C@H]2CN(Cc3cnn(C(C)C)c3)CCO2)c1. The number of hydrogen-bond acceptors (Lipinski definition) is 4. The van der Waals surface area contributed by atoms with E-state index in [2.05, 4.69) is 42.2 Å². The van der Waals surface area contributed by atoms with Crippen molar-refractivity contribution < 1.29 is 9.47 Å². The largest absolute Gasteiger partial charge is 0.497 e. The van der Waals surface area contributed by atoms with Crippen molar-refractivity contribution in [3.05, 3.63) is 47.8 Å². The van der Waals surface area contributed by atoms with Crippen molar-refractivity contribution in [1.29, 1.82) is 0 Å². The Morgan fingerprint density at radius 2 is 2.26 bits per heavy atom. The van der Waals surface area contributed by atoms with E-state index in [1.54, 1.807) is 7.11 Å². The van der Waals surface area contributed by atoms with Crippen LogP contribution in [-0.4, -0.2) is 41.5 Å². The molecule has 1 aliphatic rings. The summed E-state index contributed by atoms with van der Waals surface area (Å²) in [4.78, 5) is 2.43. The number of nitrogens with zero attached hydrogens (tertiary/aromatic N) is 3. The molecule has 1 aliphatic heterocycles. The van der Waals surface area contributed by atoms with Crippen LogP contribution in [0.1, 0.15) is 37.1 Å². The number of rotatable bonds is 5. The Labute approximate surface area is 137 Å². The van der Waals surface area contributed by atoms with Gasteiger partial charge < -0.3 is 9.47 Å². The highest BCUT2D eigenvalue weighted by molar-refractivity contribution is 5.30. The van der Waals surface area contributed by atoms with E-state index in [0.29, 0.717) is 6.04 Å². The van der Waals surface area contributed by atoms with Crippen molar-refractivity contribution >= 4 is 0 Å². The Hall–Kier alpha value is -1.85. The zero-order valence-electron chi connectivity index (χ0n) is 14.1. The molecule has 0 saturated carbocycles. The lowest BCUT2D eigenvalue weighted by molar-refractivity contribution is -0.0330. The molecule has 0 spiro atoms. The van der Waals surface area contributed by atoms with Crippen LogP contribution in [0.5, 0.6) is 5.75 Å². The molecule has 0 N–H and O–H groups in total. The molecule has 5 heteroatoms. The van der Waals surface area contributed by atoms with Gasteiger partial charge in [-0.05, 0) is 31.5 Å². The number of ether oxygens (including phenoxy) is 2. The Bertz CT molecular complexity index is 639. The molecule has 1 atom stereocenters. The van der Waals surface area contributed by atoms with E-state index in [1.165, 1.54) is 11.1 Å². The Kier molecular flexibility index (Phi) is 4.98. The smallest absolute Gasteiger partial charge is 0.119 e. The minimum atomic E-state index is 0.0963. The zero-order valence-corrected chi connectivity index (χ0v) is 14.1. The van der Waals surface area contributed by atoms with Crippen LogP contribution >= 0.6 is 0 Å². The topological polar surface area (TPSA) is 39.5 Å². The molecular weight excluding hydrogens is 290 g/mol. The van der Waals surface area contributed by atoms with Gasteiger partial charge in [0.2, 0.25) is 0 Å². The third-order valence-corrected chi connectivity index (χ3v) is 4.21. The average Bonchev–Trinajstić information content (AvgIpc) is 3.04. The van der Waals surface area contributed by atoms with Crippen molar-refractivity contribution in [3.63, 3.8) is 0 Å². The van der Waals surface area contributed by atoms with Crippen molar-refractivity contribution in [2.75, 3.05) is 26.8 Å². The standard InChI is InChI=1S/C18H25N3O2/c1-14(2)21-12-15(10-19-21)11-20-7-8-23-18(13-20)16-5-4-6-17(9-16)22-3/h4-6,9-10,12,14,18H,7-8,11,13H2,1-3H3/t18-/m1/s1. The van der Waals surface area contributed by atoms with E-state index in [9.17, 15) is 0 Å². The molecule has 1 aromatic heterocycles. The van der Waals surface area contributed by atoms with Gasteiger partial charge in [-0.3, -0.25) is 9.58 Å². The maximum absolute atomic E-state index is 5.96. The average molecular weight is 315 g/mol. The fourth-order valence-corrected chi connectivity index (χ4v) is 2.89. The summed E-state index contributed by atoms with van der Waals surface area (Å²) in [6.07, 6.45) is 4.20. The van der Waals surface area contributed by atoms with Crippen LogP contribution in [0.15, 0.2) is 36.7 Å². The van der Waals surface area contributed by atoms with Gasteiger partial charge in [0.25, 0.3) is 0 Å². The maximum Gasteiger partial charge on any atom is 0.119 e. The van der Waals surface area contributed by atoms with Crippen molar-refractivity contribution in [3.8, 4) is 5.75 Å². The lowest BCUT2D eigenvalue weighted by Crippen LogP contribution is -2.37. The van der Waals surface area contributed by atoms with Gasteiger partial charge in [-0.2, -0.15) is 5.10 Å². The van der Waals surface area contributed by atoms with Gasteiger partial charge in [0.1, 0.15) is 5.75 Å². The summed E-state index contributed by atoms with van der Waals surface area (Å²) in [5, 5.41) is 4.42. The van der Waals surface area contributed by atoms with Gasteiger partial charge in [0.05, 0.1) is 26.0 Å². The van der Waals surface area contributed by atoms with Crippen molar-refractivity contribution in [1.82, 2.24) is 14.7 Å². The van der Waals surface area contributed by atoms with Crippen LogP contribution in [0.3, 0.4) is 0 Å². The second-order valence-electron chi connectivity index (χ2n) is 6.29. The predicted octanol–water partition coefficient (Wildman–Crippen LogP) is 3.05. The molecule has 0 aliphatic carbocycles. The molecular formula is C18H25N3O2. The molecule has 0 bridgehead atoms. The molecule has 3 rings (SSSR count). The first-order valence-electron chi connectivity index (χ1n) is 8.16. The number of aromatic nitrogens is 2. The molecule has 5 nitrogen and oxygen atoms in total. The molecule has 23 heavy (non-hydrogen) atoms. The molecule has 1 aromatic carbocycles. The Morgan fingerprint density at radius 1 is 1.39 bits per heavy atom. The van der Waals surface area contributed by atoms with Crippen LogP contribution < -0.4 is 4.74 Å². The number of morpholine rings is 1. The second kappa shape index (κ2) is 7.15. The third-order valence-electron chi connectivity index (χ3n) is 4.21. The van der Waals surface area contributed by atoms with Gasteiger partial charge >= 0.3 is 0 Å². The quantitative estimate of drug-likeness (QED) is 0.850. The fourth-order valence-electron chi connectivity index (χ4n) is 2.89. The summed E-state index contributed by atoms with van der Waals surface area (Å²) in [6, 6.07) is 8.55. The van der Waals surface area contributed by atoms with Gasteiger partial charge in [-0.25, -0.2) is 0 Å². The van der Waals surface area contributed by atoms with Gasteiger partial charge in [0, 0.05) is 37.4 Å². The Balaban J connectivity index is 1.65. The highest BCUT2D eigenvalue weighted by atomic mass is 16.5. The summed E-state index contributed by atoms with van der Waals surface area (Å²) >= 11 is 0. The highest BCUT2D eigenvalue weighted by Gasteiger charge is 2.22. The summed E-state index contributed by atoms with van der Waals surface area (Å²) < 4.78 is 13.3. The Morgan fingerprint density at radius 3 is 3.00 bits per heavy atom. The normalized spacial score (nSPS) is 19.2. The molecule has 1 saturated heterocycles. The number of hydrogen-bond donors (Lipinski definition) is 0.